The summed E-state index contributed by atoms with van der Waals surface area (Å²) in [4.78, 5) is 17.0. The van der Waals surface area contributed by atoms with Crippen molar-refractivity contribution < 1.29 is 9.63 Å². The van der Waals surface area contributed by atoms with Crippen molar-refractivity contribution in [3.8, 4) is 0 Å². The minimum Gasteiger partial charge on any atom is -0.399 e. The summed E-state index contributed by atoms with van der Waals surface area (Å²) in [6, 6.07) is 19.3. The molecular formula is C18H19NO2. The van der Waals surface area contributed by atoms with E-state index in [1.165, 1.54) is 7.11 Å². The molecule has 0 heterocycles. The van der Waals surface area contributed by atoms with Crippen LogP contribution in [0.2, 0.25) is 0 Å². The van der Waals surface area contributed by atoms with Gasteiger partial charge in [-0.15, -0.1) is 0 Å². The average molecular weight is 281 g/mol. The first-order valence-corrected chi connectivity index (χ1v) is 7.05. The van der Waals surface area contributed by atoms with Crippen LogP contribution in [0.5, 0.6) is 0 Å². The van der Waals surface area contributed by atoms with Gasteiger partial charge >= 0.3 is 0 Å². The Morgan fingerprint density at radius 2 is 1.48 bits per heavy atom. The summed E-state index contributed by atoms with van der Waals surface area (Å²) in [5.74, 6) is 0.167. The normalized spacial score (nSPS) is 11.2. The Balaban J connectivity index is 1.92. The van der Waals surface area contributed by atoms with Gasteiger partial charge in [0.1, 0.15) is 7.11 Å². The van der Waals surface area contributed by atoms with E-state index in [0.29, 0.717) is 6.42 Å². The number of rotatable bonds is 7. The highest BCUT2D eigenvalue weighted by molar-refractivity contribution is 6.01. The molecule has 0 aliphatic heterocycles. The topological polar surface area (TPSA) is 38.7 Å². The van der Waals surface area contributed by atoms with E-state index >= 15 is 0 Å². The molecule has 0 atom stereocenters. The minimum atomic E-state index is 0.167. The highest BCUT2D eigenvalue weighted by Gasteiger charge is 2.08. The van der Waals surface area contributed by atoms with E-state index in [0.717, 1.165) is 29.7 Å². The number of Topliss-reactive ketones (excluding diaryl/α,β-unsaturated/α-hetero) is 1. The summed E-state index contributed by atoms with van der Waals surface area (Å²) in [7, 11) is 1.54. The smallest absolute Gasteiger partial charge is 0.162 e. The maximum Gasteiger partial charge on any atom is 0.162 e. The lowest BCUT2D eigenvalue weighted by atomic mass is 10.0. The van der Waals surface area contributed by atoms with Crippen molar-refractivity contribution in [1.29, 1.82) is 0 Å². The van der Waals surface area contributed by atoms with Crippen molar-refractivity contribution >= 4 is 11.5 Å². The van der Waals surface area contributed by atoms with Gasteiger partial charge in [0.2, 0.25) is 0 Å². The lowest BCUT2D eigenvalue weighted by Crippen LogP contribution is -2.04. The molecule has 0 saturated carbocycles. The molecule has 0 unspecified atom stereocenters. The molecule has 108 valence electrons. The second-order valence-corrected chi connectivity index (χ2v) is 4.73. The van der Waals surface area contributed by atoms with E-state index < -0.39 is 0 Å². The Bertz CT molecular complexity index is 591. The van der Waals surface area contributed by atoms with Crippen LogP contribution < -0.4 is 0 Å². The van der Waals surface area contributed by atoms with Crippen LogP contribution >= 0.6 is 0 Å². The number of hydrogen-bond acceptors (Lipinski definition) is 3. The molecule has 0 N–H and O–H groups in total. The number of ketones is 1. The number of oxime groups is 1. The van der Waals surface area contributed by atoms with Crippen LogP contribution in [-0.4, -0.2) is 18.6 Å². The van der Waals surface area contributed by atoms with Crippen LogP contribution in [-0.2, 0) is 4.84 Å². The Morgan fingerprint density at radius 3 is 2.05 bits per heavy atom. The molecule has 2 aromatic carbocycles. The third kappa shape index (κ3) is 4.56. The quantitative estimate of drug-likeness (QED) is 0.435. The zero-order valence-corrected chi connectivity index (χ0v) is 12.2. The summed E-state index contributed by atoms with van der Waals surface area (Å²) >= 11 is 0. The number of carbonyl (C=O) groups is 1. The molecule has 2 aromatic rings. The summed E-state index contributed by atoms with van der Waals surface area (Å²) < 4.78 is 0. The van der Waals surface area contributed by atoms with Gasteiger partial charge in [0.15, 0.2) is 5.78 Å². The van der Waals surface area contributed by atoms with E-state index in [1.807, 2.05) is 60.7 Å². The molecule has 21 heavy (non-hydrogen) atoms. The van der Waals surface area contributed by atoms with Gasteiger partial charge in [-0.05, 0) is 18.4 Å². The second kappa shape index (κ2) is 8.00. The van der Waals surface area contributed by atoms with E-state index in [9.17, 15) is 4.79 Å². The summed E-state index contributed by atoms with van der Waals surface area (Å²) in [6.45, 7) is 0. The summed E-state index contributed by atoms with van der Waals surface area (Å²) in [5, 5.41) is 4.07. The van der Waals surface area contributed by atoms with E-state index in [-0.39, 0.29) is 5.78 Å². The molecule has 3 heteroatoms. The molecule has 0 aromatic heterocycles. The molecule has 0 radical (unpaired) electrons. The zero-order valence-electron chi connectivity index (χ0n) is 12.2. The zero-order chi connectivity index (χ0) is 14.9. The van der Waals surface area contributed by atoms with Crippen LogP contribution in [0.25, 0.3) is 0 Å². The van der Waals surface area contributed by atoms with E-state index in [4.69, 9.17) is 4.84 Å². The fourth-order valence-corrected chi connectivity index (χ4v) is 2.17. The maximum atomic E-state index is 12.0. The van der Waals surface area contributed by atoms with Gasteiger partial charge in [0, 0.05) is 12.0 Å². The van der Waals surface area contributed by atoms with E-state index in [2.05, 4.69) is 5.16 Å². The van der Waals surface area contributed by atoms with Gasteiger partial charge in [-0.1, -0.05) is 65.8 Å². The van der Waals surface area contributed by atoms with Crippen LogP contribution in [0, 0.1) is 0 Å². The fourth-order valence-electron chi connectivity index (χ4n) is 2.17. The van der Waals surface area contributed by atoms with Crippen molar-refractivity contribution in [1.82, 2.24) is 0 Å². The molecule has 0 fully saturated rings. The molecule has 0 bridgehead atoms. The molecule has 0 aliphatic rings. The molecule has 2 rings (SSSR count). The lowest BCUT2D eigenvalue weighted by Gasteiger charge is -2.06. The molecule has 0 amide bonds. The van der Waals surface area contributed by atoms with Crippen molar-refractivity contribution in [2.45, 2.75) is 19.3 Å². The highest BCUT2D eigenvalue weighted by atomic mass is 16.6. The Hall–Kier alpha value is -2.42. The monoisotopic (exact) mass is 281 g/mol. The van der Waals surface area contributed by atoms with Gasteiger partial charge in [0.25, 0.3) is 0 Å². The summed E-state index contributed by atoms with van der Waals surface area (Å²) in [6.07, 6.45) is 1.99. The summed E-state index contributed by atoms with van der Waals surface area (Å²) in [5.41, 5.74) is 2.67. The Kier molecular flexibility index (Phi) is 5.71. The standard InChI is InChI=1S/C18H19NO2/c1-21-19-17(15-9-4-2-5-10-15)13-8-14-18(20)16-11-6-3-7-12-16/h2-7,9-12H,8,13-14H2,1H3/b19-17+. The van der Waals surface area contributed by atoms with Crippen LogP contribution in [0.3, 0.4) is 0 Å². The van der Waals surface area contributed by atoms with Crippen molar-refractivity contribution in [2.24, 2.45) is 5.16 Å². The van der Waals surface area contributed by atoms with Gasteiger partial charge in [-0.25, -0.2) is 0 Å². The molecule has 0 aliphatic carbocycles. The Labute approximate surface area is 125 Å². The number of benzene rings is 2. The van der Waals surface area contributed by atoms with Crippen molar-refractivity contribution in [2.75, 3.05) is 7.11 Å². The van der Waals surface area contributed by atoms with Gasteiger partial charge in [-0.2, -0.15) is 0 Å². The Morgan fingerprint density at radius 1 is 0.905 bits per heavy atom. The number of hydrogen-bond donors (Lipinski definition) is 0. The first kappa shape index (κ1) is 15.0. The minimum absolute atomic E-state index is 0.167. The predicted molar refractivity (Wildman–Crippen MR) is 84.6 cm³/mol. The van der Waals surface area contributed by atoms with Gasteiger partial charge in [0.05, 0.1) is 5.71 Å². The molecule has 0 saturated heterocycles. The van der Waals surface area contributed by atoms with E-state index in [1.54, 1.807) is 0 Å². The first-order chi connectivity index (χ1) is 10.3. The molecule has 0 spiro atoms. The van der Waals surface area contributed by atoms with Gasteiger partial charge < -0.3 is 4.84 Å². The highest BCUT2D eigenvalue weighted by Crippen LogP contribution is 2.11. The number of nitrogens with zero attached hydrogens (tertiary/aromatic N) is 1. The van der Waals surface area contributed by atoms with Crippen LogP contribution in [0.15, 0.2) is 65.8 Å². The second-order valence-electron chi connectivity index (χ2n) is 4.73. The van der Waals surface area contributed by atoms with Crippen molar-refractivity contribution in [3.63, 3.8) is 0 Å². The average Bonchev–Trinajstić information content (AvgIpc) is 2.55. The van der Waals surface area contributed by atoms with Crippen LogP contribution in [0.4, 0.5) is 0 Å². The molecule has 3 nitrogen and oxygen atoms in total. The largest absolute Gasteiger partial charge is 0.399 e. The predicted octanol–water partition coefficient (Wildman–Crippen LogP) is 4.09. The first-order valence-electron chi connectivity index (χ1n) is 7.05. The van der Waals surface area contributed by atoms with Gasteiger partial charge in [-0.3, -0.25) is 4.79 Å². The fraction of sp³-hybridized carbons (Fsp3) is 0.222. The third-order valence-electron chi connectivity index (χ3n) is 3.22. The SMILES string of the molecule is CO/N=C(\CCCC(=O)c1ccccc1)c1ccccc1. The molecular weight excluding hydrogens is 262 g/mol. The van der Waals surface area contributed by atoms with Crippen molar-refractivity contribution in [3.05, 3.63) is 71.8 Å². The maximum absolute atomic E-state index is 12.0. The number of carbonyl (C=O) groups excluding carboxylic acids is 1. The van der Waals surface area contributed by atoms with Crippen LogP contribution in [0.1, 0.15) is 35.2 Å². The third-order valence-corrected chi connectivity index (χ3v) is 3.22. The lowest BCUT2D eigenvalue weighted by molar-refractivity contribution is 0.0980.